The van der Waals surface area contributed by atoms with Crippen LogP contribution in [0.25, 0.3) is 0 Å². The number of urea groups is 1. The maximum Gasteiger partial charge on any atom is 0.338 e. The van der Waals surface area contributed by atoms with E-state index in [0.29, 0.717) is 16.5 Å². The predicted octanol–water partition coefficient (Wildman–Crippen LogP) is 3.95. The highest BCUT2D eigenvalue weighted by Crippen LogP contribution is 2.31. The third-order valence-electron chi connectivity index (χ3n) is 3.74. The molecule has 1 unspecified atom stereocenters. The highest BCUT2D eigenvalue weighted by atomic mass is 79.9. The summed E-state index contributed by atoms with van der Waals surface area (Å²) in [7, 11) is 0. The van der Waals surface area contributed by atoms with Crippen LogP contribution in [0.3, 0.4) is 0 Å². The van der Waals surface area contributed by atoms with Crippen molar-refractivity contribution in [3.05, 3.63) is 63.1 Å². The number of rotatable bonds is 6. The summed E-state index contributed by atoms with van der Waals surface area (Å²) < 4.78 is 17.0. The normalized spacial score (nSPS) is 16.6. The molecule has 0 spiro atoms. The minimum atomic E-state index is -0.785. The van der Waals surface area contributed by atoms with Crippen molar-refractivity contribution in [3.63, 3.8) is 0 Å². The molecule has 1 aromatic heterocycles. The van der Waals surface area contributed by atoms with Gasteiger partial charge in [-0.1, -0.05) is 27.5 Å². The van der Waals surface area contributed by atoms with Gasteiger partial charge in [-0.3, -0.25) is 0 Å². The molecule has 3 rings (SSSR count). The highest BCUT2D eigenvalue weighted by Gasteiger charge is 2.35. The first kappa shape index (κ1) is 19.3. The van der Waals surface area contributed by atoms with Crippen LogP contribution < -0.4 is 15.4 Å². The molecule has 0 saturated heterocycles. The lowest BCUT2D eigenvalue weighted by molar-refractivity contribution is -0.139. The quantitative estimate of drug-likeness (QED) is 0.644. The SMILES string of the molecule is CCOC(=O)C1=C(COc2ccc(Br)cc2Cl)NC(=O)NC1c1ccco1. The van der Waals surface area contributed by atoms with E-state index in [-0.39, 0.29) is 24.5 Å². The third kappa shape index (κ3) is 4.45. The predicted molar refractivity (Wildman–Crippen MR) is 101 cm³/mol. The van der Waals surface area contributed by atoms with Gasteiger partial charge in [0, 0.05) is 4.47 Å². The lowest BCUT2D eigenvalue weighted by Crippen LogP contribution is -2.47. The van der Waals surface area contributed by atoms with Gasteiger partial charge in [0.05, 0.1) is 29.2 Å². The zero-order valence-electron chi connectivity index (χ0n) is 14.3. The van der Waals surface area contributed by atoms with E-state index >= 15 is 0 Å². The average molecular weight is 456 g/mol. The van der Waals surface area contributed by atoms with E-state index in [0.717, 1.165) is 4.47 Å². The Morgan fingerprint density at radius 2 is 2.19 bits per heavy atom. The van der Waals surface area contributed by atoms with E-state index in [4.69, 9.17) is 25.5 Å². The number of ether oxygens (including phenoxy) is 2. The molecular formula is C18H16BrClN2O5. The molecule has 0 aliphatic carbocycles. The number of hydrogen-bond acceptors (Lipinski definition) is 5. The summed E-state index contributed by atoms with van der Waals surface area (Å²) in [6.07, 6.45) is 1.46. The fourth-order valence-electron chi connectivity index (χ4n) is 2.59. The van der Waals surface area contributed by atoms with Gasteiger partial charge in [0.1, 0.15) is 24.2 Å². The van der Waals surface area contributed by atoms with Crippen LogP contribution in [0.2, 0.25) is 5.02 Å². The van der Waals surface area contributed by atoms with Crippen molar-refractivity contribution in [2.45, 2.75) is 13.0 Å². The summed E-state index contributed by atoms with van der Waals surface area (Å²) in [6, 6.07) is 7.21. The molecule has 2 N–H and O–H groups in total. The summed E-state index contributed by atoms with van der Waals surface area (Å²) in [5.74, 6) is 0.247. The summed E-state index contributed by atoms with van der Waals surface area (Å²) in [5, 5.41) is 5.67. The zero-order valence-corrected chi connectivity index (χ0v) is 16.6. The minimum Gasteiger partial charge on any atom is -0.486 e. The molecule has 1 aromatic carbocycles. The van der Waals surface area contributed by atoms with Crippen molar-refractivity contribution in [1.29, 1.82) is 0 Å². The average Bonchev–Trinajstić information content (AvgIpc) is 3.15. The number of nitrogens with one attached hydrogen (secondary N) is 2. The second-order valence-electron chi connectivity index (χ2n) is 5.52. The number of furan rings is 1. The summed E-state index contributed by atoms with van der Waals surface area (Å²) in [5.41, 5.74) is 0.484. The second-order valence-corrected chi connectivity index (χ2v) is 6.85. The molecule has 2 aromatic rings. The molecule has 0 bridgehead atoms. The first-order valence-electron chi connectivity index (χ1n) is 8.08. The van der Waals surface area contributed by atoms with E-state index in [2.05, 4.69) is 26.6 Å². The monoisotopic (exact) mass is 454 g/mol. The fraction of sp³-hybridized carbons (Fsp3) is 0.222. The molecule has 0 saturated carbocycles. The van der Waals surface area contributed by atoms with Gasteiger partial charge in [-0.2, -0.15) is 0 Å². The topological polar surface area (TPSA) is 89.8 Å². The van der Waals surface area contributed by atoms with E-state index in [1.54, 1.807) is 37.3 Å². The number of carbonyl (C=O) groups excluding carboxylic acids is 2. The molecule has 7 nitrogen and oxygen atoms in total. The summed E-state index contributed by atoms with van der Waals surface area (Å²) >= 11 is 9.48. The Balaban J connectivity index is 1.94. The zero-order chi connectivity index (χ0) is 19.4. The summed E-state index contributed by atoms with van der Waals surface area (Å²) in [4.78, 5) is 24.6. The first-order valence-corrected chi connectivity index (χ1v) is 9.25. The van der Waals surface area contributed by atoms with Gasteiger partial charge in [0.15, 0.2) is 0 Å². The molecule has 0 fully saturated rings. The van der Waals surface area contributed by atoms with Gasteiger partial charge in [-0.15, -0.1) is 0 Å². The summed E-state index contributed by atoms with van der Waals surface area (Å²) in [6.45, 7) is 1.81. The van der Waals surface area contributed by atoms with Crippen LogP contribution in [0, 0.1) is 0 Å². The lowest BCUT2D eigenvalue weighted by atomic mass is 10.0. The molecular weight excluding hydrogens is 440 g/mol. The van der Waals surface area contributed by atoms with Crippen molar-refractivity contribution >= 4 is 39.5 Å². The van der Waals surface area contributed by atoms with Crippen LogP contribution in [-0.2, 0) is 9.53 Å². The molecule has 1 aliphatic heterocycles. The Morgan fingerprint density at radius 1 is 1.37 bits per heavy atom. The molecule has 9 heteroatoms. The van der Waals surface area contributed by atoms with E-state index < -0.39 is 18.0 Å². The lowest BCUT2D eigenvalue weighted by Gasteiger charge is -2.27. The van der Waals surface area contributed by atoms with E-state index in [1.165, 1.54) is 6.26 Å². The van der Waals surface area contributed by atoms with Gasteiger partial charge in [-0.25, -0.2) is 9.59 Å². The Labute approximate surface area is 168 Å². The van der Waals surface area contributed by atoms with Crippen molar-refractivity contribution < 1.29 is 23.5 Å². The minimum absolute atomic E-state index is 0.0832. The number of hydrogen-bond donors (Lipinski definition) is 2. The Bertz CT molecular complexity index is 882. The Morgan fingerprint density at radius 3 is 2.85 bits per heavy atom. The highest BCUT2D eigenvalue weighted by molar-refractivity contribution is 9.10. The number of halogens is 2. The molecule has 2 amide bonds. The van der Waals surface area contributed by atoms with Crippen LogP contribution in [0.1, 0.15) is 18.7 Å². The molecule has 1 atom stereocenters. The van der Waals surface area contributed by atoms with Gasteiger partial charge in [-0.05, 0) is 37.3 Å². The van der Waals surface area contributed by atoms with Crippen molar-refractivity contribution in [2.24, 2.45) is 0 Å². The van der Waals surface area contributed by atoms with Gasteiger partial charge < -0.3 is 24.5 Å². The number of benzene rings is 1. The maximum atomic E-state index is 12.5. The first-order chi connectivity index (χ1) is 13.0. The Hall–Kier alpha value is -2.45. The molecule has 142 valence electrons. The van der Waals surface area contributed by atoms with Gasteiger partial charge in [0.25, 0.3) is 0 Å². The second kappa shape index (κ2) is 8.49. The van der Waals surface area contributed by atoms with Gasteiger partial charge in [0.2, 0.25) is 0 Å². The number of amides is 2. The molecule has 1 aliphatic rings. The molecule has 2 heterocycles. The van der Waals surface area contributed by atoms with Crippen LogP contribution in [0.15, 0.2) is 56.8 Å². The smallest absolute Gasteiger partial charge is 0.338 e. The van der Waals surface area contributed by atoms with Crippen LogP contribution in [0.4, 0.5) is 4.79 Å². The number of carbonyl (C=O) groups is 2. The van der Waals surface area contributed by atoms with Crippen molar-refractivity contribution in [1.82, 2.24) is 10.6 Å². The standard InChI is InChI=1S/C18H16BrClN2O5/c1-2-25-17(23)15-12(9-27-13-6-5-10(19)8-11(13)20)21-18(24)22-16(15)14-4-3-7-26-14/h3-8,16H,2,9H2,1H3,(H2,21,22,24). The van der Waals surface area contributed by atoms with Crippen LogP contribution in [-0.4, -0.2) is 25.2 Å². The fourth-order valence-corrected chi connectivity index (χ4v) is 3.32. The van der Waals surface area contributed by atoms with Crippen molar-refractivity contribution in [2.75, 3.05) is 13.2 Å². The molecule has 27 heavy (non-hydrogen) atoms. The van der Waals surface area contributed by atoms with E-state index in [9.17, 15) is 9.59 Å². The Kier molecular flexibility index (Phi) is 6.08. The largest absolute Gasteiger partial charge is 0.486 e. The maximum absolute atomic E-state index is 12.5. The van der Waals surface area contributed by atoms with Crippen LogP contribution in [0.5, 0.6) is 5.75 Å². The van der Waals surface area contributed by atoms with Crippen LogP contribution >= 0.6 is 27.5 Å². The third-order valence-corrected chi connectivity index (χ3v) is 4.53. The van der Waals surface area contributed by atoms with E-state index in [1.807, 2.05) is 0 Å². The van der Waals surface area contributed by atoms with Gasteiger partial charge >= 0.3 is 12.0 Å². The number of esters is 1. The molecule has 0 radical (unpaired) electrons. The van der Waals surface area contributed by atoms with Crippen molar-refractivity contribution in [3.8, 4) is 5.75 Å².